The van der Waals surface area contributed by atoms with Crippen LogP contribution in [-0.2, 0) is 6.61 Å². The first kappa shape index (κ1) is 22.2. The topological polar surface area (TPSA) is 63.6 Å². The molecule has 28 heavy (non-hydrogen) atoms. The van der Waals surface area contributed by atoms with Crippen molar-refractivity contribution >= 4 is 34.0 Å². The zero-order valence-electron chi connectivity index (χ0n) is 15.5. The fourth-order valence-electron chi connectivity index (χ4n) is 2.45. The van der Waals surface area contributed by atoms with E-state index in [4.69, 9.17) is 37.8 Å². The SMILES string of the molecule is CNCCOc1ccc(COc2cccc3c(Cl)c(Cl)ccc23)nc1F.CO. The van der Waals surface area contributed by atoms with E-state index in [2.05, 4.69) is 10.3 Å². The van der Waals surface area contributed by atoms with Crippen LogP contribution in [0.25, 0.3) is 10.8 Å². The molecule has 2 N–H and O–H groups in total. The first-order valence-electron chi connectivity index (χ1n) is 8.47. The van der Waals surface area contributed by atoms with Gasteiger partial charge in [0.05, 0.1) is 15.7 Å². The van der Waals surface area contributed by atoms with Gasteiger partial charge in [0.2, 0.25) is 0 Å². The third-order valence-electron chi connectivity index (χ3n) is 3.77. The normalized spacial score (nSPS) is 10.4. The third-order valence-corrected chi connectivity index (χ3v) is 4.58. The molecule has 0 fully saturated rings. The summed E-state index contributed by atoms with van der Waals surface area (Å²) < 4.78 is 25.1. The van der Waals surface area contributed by atoms with Gasteiger partial charge in [0.25, 0.3) is 5.95 Å². The molecule has 2 aromatic carbocycles. The molecule has 0 amide bonds. The Kier molecular flexibility index (Phi) is 8.73. The lowest BCUT2D eigenvalue weighted by molar-refractivity contribution is 0.287. The van der Waals surface area contributed by atoms with E-state index in [0.717, 1.165) is 17.9 Å². The van der Waals surface area contributed by atoms with Gasteiger partial charge in [0.1, 0.15) is 19.0 Å². The molecule has 5 nitrogen and oxygen atoms in total. The molecule has 8 heteroatoms. The Labute approximate surface area is 173 Å². The molecule has 1 aromatic heterocycles. The Hall–Kier alpha value is -2.12. The fraction of sp³-hybridized carbons (Fsp3) is 0.250. The lowest BCUT2D eigenvalue weighted by Gasteiger charge is -2.11. The minimum atomic E-state index is -0.657. The summed E-state index contributed by atoms with van der Waals surface area (Å²) in [4.78, 5) is 3.89. The van der Waals surface area contributed by atoms with Crippen LogP contribution in [0, 0.1) is 5.95 Å². The van der Waals surface area contributed by atoms with Crippen molar-refractivity contribution in [3.05, 3.63) is 64.2 Å². The van der Waals surface area contributed by atoms with Gasteiger partial charge < -0.3 is 19.9 Å². The molecule has 0 bridgehead atoms. The minimum Gasteiger partial charge on any atom is -0.487 e. The molecule has 150 valence electrons. The van der Waals surface area contributed by atoms with Gasteiger partial charge in [-0.15, -0.1) is 0 Å². The highest BCUT2D eigenvalue weighted by Gasteiger charge is 2.10. The summed E-state index contributed by atoms with van der Waals surface area (Å²) >= 11 is 12.3. The predicted molar refractivity (Wildman–Crippen MR) is 110 cm³/mol. The van der Waals surface area contributed by atoms with Gasteiger partial charge in [-0.3, -0.25) is 0 Å². The number of hydrogen-bond acceptors (Lipinski definition) is 5. The largest absolute Gasteiger partial charge is 0.487 e. The molecular formula is C20H21Cl2FN2O3. The van der Waals surface area contributed by atoms with Crippen molar-refractivity contribution in [1.29, 1.82) is 0 Å². The van der Waals surface area contributed by atoms with Crippen molar-refractivity contribution in [1.82, 2.24) is 10.3 Å². The summed E-state index contributed by atoms with van der Waals surface area (Å²) in [6.07, 6.45) is 0. The first-order valence-corrected chi connectivity index (χ1v) is 9.23. The molecule has 0 atom stereocenters. The maximum Gasteiger partial charge on any atom is 0.255 e. The van der Waals surface area contributed by atoms with Gasteiger partial charge >= 0.3 is 0 Å². The van der Waals surface area contributed by atoms with E-state index in [1.807, 2.05) is 24.3 Å². The quantitative estimate of drug-likeness (QED) is 0.431. The van der Waals surface area contributed by atoms with Gasteiger partial charge in [-0.25, -0.2) is 4.98 Å². The Morgan fingerprint density at radius 2 is 1.79 bits per heavy atom. The van der Waals surface area contributed by atoms with Crippen molar-refractivity contribution in [3.8, 4) is 11.5 Å². The molecule has 0 spiro atoms. The highest BCUT2D eigenvalue weighted by atomic mass is 35.5. The molecule has 0 aliphatic heterocycles. The second-order valence-electron chi connectivity index (χ2n) is 5.54. The Bertz CT molecular complexity index is 925. The number of nitrogens with one attached hydrogen (secondary N) is 1. The summed E-state index contributed by atoms with van der Waals surface area (Å²) in [6, 6.07) is 12.3. The number of halogens is 3. The van der Waals surface area contributed by atoms with E-state index in [9.17, 15) is 4.39 Å². The molecule has 3 rings (SSSR count). The summed E-state index contributed by atoms with van der Waals surface area (Å²) in [5, 5.41) is 12.5. The van der Waals surface area contributed by atoms with Crippen LogP contribution in [0.3, 0.4) is 0 Å². The number of ether oxygens (including phenoxy) is 2. The number of hydrogen-bond donors (Lipinski definition) is 2. The number of fused-ring (bicyclic) bond motifs is 1. The second-order valence-corrected chi connectivity index (χ2v) is 6.33. The molecule has 0 aliphatic rings. The summed E-state index contributed by atoms with van der Waals surface area (Å²) in [5.41, 5.74) is 0.459. The Morgan fingerprint density at radius 3 is 2.50 bits per heavy atom. The molecule has 0 radical (unpaired) electrons. The number of aromatic nitrogens is 1. The maximum absolute atomic E-state index is 14.0. The number of benzene rings is 2. The van der Waals surface area contributed by atoms with Crippen molar-refractivity contribution in [2.45, 2.75) is 6.61 Å². The summed E-state index contributed by atoms with van der Waals surface area (Å²) in [6.45, 7) is 1.11. The predicted octanol–water partition coefficient (Wildman–Crippen LogP) is 4.47. The Balaban J connectivity index is 0.00000136. The summed E-state index contributed by atoms with van der Waals surface area (Å²) in [5.74, 6) is 0.0863. The van der Waals surface area contributed by atoms with E-state index < -0.39 is 5.95 Å². The first-order chi connectivity index (χ1) is 13.6. The van der Waals surface area contributed by atoms with Gasteiger partial charge in [-0.1, -0.05) is 35.3 Å². The number of nitrogens with zero attached hydrogens (tertiary/aromatic N) is 1. The van der Waals surface area contributed by atoms with Crippen molar-refractivity contribution < 1.29 is 19.0 Å². The smallest absolute Gasteiger partial charge is 0.255 e. The zero-order valence-corrected chi connectivity index (χ0v) is 17.0. The van der Waals surface area contributed by atoms with E-state index >= 15 is 0 Å². The third kappa shape index (κ3) is 5.45. The number of rotatable bonds is 7. The number of aliphatic hydroxyl groups is 1. The fourth-order valence-corrected chi connectivity index (χ4v) is 2.85. The van der Waals surface area contributed by atoms with Crippen molar-refractivity contribution in [2.75, 3.05) is 27.3 Å². The molecule has 0 unspecified atom stereocenters. The summed E-state index contributed by atoms with van der Waals surface area (Å²) in [7, 11) is 2.80. The van der Waals surface area contributed by atoms with Crippen molar-refractivity contribution in [3.63, 3.8) is 0 Å². The number of likely N-dealkylation sites (N-methyl/N-ethyl adjacent to an activating group) is 1. The van der Waals surface area contributed by atoms with Crippen LogP contribution in [0.2, 0.25) is 10.0 Å². The molecule has 1 heterocycles. The average molecular weight is 427 g/mol. The van der Waals surface area contributed by atoms with Crippen LogP contribution in [0.5, 0.6) is 11.5 Å². The van der Waals surface area contributed by atoms with Gasteiger partial charge in [0, 0.05) is 24.4 Å². The Morgan fingerprint density at radius 1 is 1.00 bits per heavy atom. The highest BCUT2D eigenvalue weighted by molar-refractivity contribution is 6.45. The van der Waals surface area contributed by atoms with E-state index in [-0.39, 0.29) is 12.4 Å². The van der Waals surface area contributed by atoms with E-state index in [1.165, 1.54) is 0 Å². The number of aliphatic hydroxyl groups excluding tert-OH is 1. The second kappa shape index (κ2) is 11.0. The standard InChI is InChI=1S/C19H17Cl2FN2O2.CH4O/c1-23-9-10-25-17-8-5-12(24-19(17)22)11-26-16-4-2-3-14-13(16)6-7-15(20)18(14)21;1-2/h2-8,23H,9-11H2,1H3;2H,1H3. The van der Waals surface area contributed by atoms with Gasteiger partial charge in [-0.2, -0.15) is 4.39 Å². The molecule has 0 aliphatic carbocycles. The molecule has 0 saturated carbocycles. The minimum absolute atomic E-state index is 0.118. The van der Waals surface area contributed by atoms with E-state index in [0.29, 0.717) is 34.6 Å². The molecular weight excluding hydrogens is 406 g/mol. The van der Waals surface area contributed by atoms with Crippen LogP contribution >= 0.6 is 23.2 Å². The van der Waals surface area contributed by atoms with Crippen LogP contribution in [0.1, 0.15) is 5.69 Å². The number of pyridine rings is 1. The van der Waals surface area contributed by atoms with Gasteiger partial charge in [0.15, 0.2) is 5.75 Å². The molecule has 0 saturated heterocycles. The molecule has 3 aromatic rings. The van der Waals surface area contributed by atoms with Gasteiger partial charge in [-0.05, 0) is 37.4 Å². The average Bonchev–Trinajstić information content (AvgIpc) is 2.72. The van der Waals surface area contributed by atoms with Crippen LogP contribution in [-0.4, -0.2) is 37.4 Å². The van der Waals surface area contributed by atoms with Crippen LogP contribution in [0.15, 0.2) is 42.5 Å². The van der Waals surface area contributed by atoms with Crippen LogP contribution in [0.4, 0.5) is 4.39 Å². The van der Waals surface area contributed by atoms with Crippen molar-refractivity contribution in [2.24, 2.45) is 0 Å². The monoisotopic (exact) mass is 426 g/mol. The van der Waals surface area contributed by atoms with E-state index in [1.54, 1.807) is 25.2 Å². The highest BCUT2D eigenvalue weighted by Crippen LogP contribution is 2.35. The lowest BCUT2D eigenvalue weighted by Crippen LogP contribution is -2.16. The van der Waals surface area contributed by atoms with Crippen LogP contribution < -0.4 is 14.8 Å². The lowest BCUT2D eigenvalue weighted by atomic mass is 10.1. The zero-order chi connectivity index (χ0) is 20.5. The maximum atomic E-state index is 14.0.